The molecule has 2 heterocycles. The lowest BCUT2D eigenvalue weighted by atomic mass is 10.2. The molecule has 0 aliphatic carbocycles. The first-order valence-corrected chi connectivity index (χ1v) is 9.30. The molecule has 0 fully saturated rings. The van der Waals surface area contributed by atoms with Crippen molar-refractivity contribution in [2.24, 2.45) is 0 Å². The normalized spacial score (nSPS) is 10.7. The highest BCUT2D eigenvalue weighted by molar-refractivity contribution is 7.21. The lowest BCUT2D eigenvalue weighted by Crippen LogP contribution is -2.20. The lowest BCUT2D eigenvalue weighted by molar-refractivity contribution is -0.118. The summed E-state index contributed by atoms with van der Waals surface area (Å²) in [4.78, 5) is 21.9. The second kappa shape index (κ2) is 7.55. The second-order valence-corrected chi connectivity index (χ2v) is 7.05. The first kappa shape index (κ1) is 17.2. The number of benzene rings is 2. The molecule has 4 rings (SSSR count). The summed E-state index contributed by atoms with van der Waals surface area (Å²) < 4.78 is 5.49. The van der Waals surface area contributed by atoms with E-state index in [-0.39, 0.29) is 12.5 Å². The van der Waals surface area contributed by atoms with Crippen LogP contribution in [0.3, 0.4) is 0 Å². The number of nitrogens with zero attached hydrogens (tertiary/aromatic N) is 2. The molecule has 4 aromatic rings. The zero-order valence-corrected chi connectivity index (χ0v) is 15.5. The van der Waals surface area contributed by atoms with Gasteiger partial charge in [0.25, 0.3) is 5.91 Å². The number of aryl methyl sites for hydroxylation is 1. The summed E-state index contributed by atoms with van der Waals surface area (Å²) in [5.74, 6) is 0.475. The molecule has 0 saturated carbocycles. The van der Waals surface area contributed by atoms with Crippen LogP contribution in [-0.4, -0.2) is 22.5 Å². The predicted molar refractivity (Wildman–Crippen MR) is 108 cm³/mol. The Morgan fingerprint density at radius 1 is 1.07 bits per heavy atom. The van der Waals surface area contributed by atoms with Crippen LogP contribution < -0.4 is 10.1 Å². The summed E-state index contributed by atoms with van der Waals surface area (Å²) in [7, 11) is 0. The first-order chi connectivity index (χ1) is 13.2. The number of ether oxygens (including phenoxy) is 1. The fraction of sp³-hybridized carbons (Fsp3) is 0.0952. The van der Waals surface area contributed by atoms with Crippen LogP contribution in [0.25, 0.3) is 20.9 Å². The highest BCUT2D eigenvalue weighted by atomic mass is 32.1. The molecule has 27 heavy (non-hydrogen) atoms. The number of pyridine rings is 1. The highest BCUT2D eigenvalue weighted by Crippen LogP contribution is 2.29. The summed E-state index contributed by atoms with van der Waals surface area (Å²) in [6, 6.07) is 19.0. The van der Waals surface area contributed by atoms with Crippen molar-refractivity contribution in [3.8, 4) is 16.3 Å². The Kier molecular flexibility index (Phi) is 4.80. The molecule has 0 bridgehead atoms. The van der Waals surface area contributed by atoms with Crippen molar-refractivity contribution < 1.29 is 9.53 Å². The van der Waals surface area contributed by atoms with Gasteiger partial charge in [-0.2, -0.15) is 0 Å². The van der Waals surface area contributed by atoms with E-state index >= 15 is 0 Å². The number of fused-ring (bicyclic) bond motifs is 1. The number of carbonyl (C=O) groups is 1. The van der Waals surface area contributed by atoms with Crippen molar-refractivity contribution in [2.45, 2.75) is 6.92 Å². The van der Waals surface area contributed by atoms with Crippen LogP contribution in [0.5, 0.6) is 5.75 Å². The Balaban J connectivity index is 1.38. The zero-order valence-electron chi connectivity index (χ0n) is 14.7. The van der Waals surface area contributed by atoms with Crippen LogP contribution in [-0.2, 0) is 4.79 Å². The fourth-order valence-electron chi connectivity index (χ4n) is 2.57. The van der Waals surface area contributed by atoms with E-state index in [9.17, 15) is 4.79 Å². The first-order valence-electron chi connectivity index (χ1n) is 8.49. The van der Waals surface area contributed by atoms with Crippen molar-refractivity contribution in [1.29, 1.82) is 0 Å². The molecule has 0 radical (unpaired) electrons. The number of thiazole rings is 1. The maximum atomic E-state index is 12.1. The Labute approximate surface area is 160 Å². The Morgan fingerprint density at radius 3 is 2.59 bits per heavy atom. The number of rotatable bonds is 5. The third-order valence-corrected chi connectivity index (χ3v) is 5.00. The van der Waals surface area contributed by atoms with Gasteiger partial charge < -0.3 is 10.1 Å². The van der Waals surface area contributed by atoms with E-state index in [4.69, 9.17) is 4.74 Å². The molecule has 2 aromatic carbocycles. The summed E-state index contributed by atoms with van der Waals surface area (Å²) in [5.41, 5.74) is 3.75. The smallest absolute Gasteiger partial charge is 0.262 e. The molecular formula is C21H17N3O2S. The standard InChI is InChI=1S/C21H17N3O2S/c1-14-4-10-17(11-5-14)26-13-19(25)23-16-8-6-15(7-9-16)20-24-18-3-2-12-22-21(18)27-20/h2-12H,13H2,1H3,(H,23,25). The van der Waals surface area contributed by atoms with Gasteiger partial charge in [-0.3, -0.25) is 4.79 Å². The summed E-state index contributed by atoms with van der Waals surface area (Å²) >= 11 is 1.55. The van der Waals surface area contributed by atoms with Crippen LogP contribution in [0.4, 0.5) is 5.69 Å². The summed E-state index contributed by atoms with van der Waals surface area (Å²) in [5, 5.41) is 3.74. The van der Waals surface area contributed by atoms with E-state index < -0.39 is 0 Å². The topological polar surface area (TPSA) is 64.1 Å². The van der Waals surface area contributed by atoms with Crippen molar-refractivity contribution in [2.75, 3.05) is 11.9 Å². The number of amides is 1. The molecule has 0 spiro atoms. The van der Waals surface area contributed by atoms with Crippen molar-refractivity contribution in [1.82, 2.24) is 9.97 Å². The molecule has 5 nitrogen and oxygen atoms in total. The third-order valence-electron chi connectivity index (χ3n) is 3.97. The van der Waals surface area contributed by atoms with Crippen LogP contribution in [0.15, 0.2) is 66.9 Å². The Hall–Kier alpha value is -3.25. The monoisotopic (exact) mass is 375 g/mol. The highest BCUT2D eigenvalue weighted by Gasteiger charge is 2.08. The SMILES string of the molecule is Cc1ccc(OCC(=O)Nc2ccc(-c3nc4cccnc4s3)cc2)cc1. The third kappa shape index (κ3) is 4.12. The fourth-order valence-corrected chi connectivity index (χ4v) is 3.48. The molecule has 0 unspecified atom stereocenters. The van der Waals surface area contributed by atoms with E-state index in [1.54, 1.807) is 17.5 Å². The quantitative estimate of drug-likeness (QED) is 0.550. The van der Waals surface area contributed by atoms with Gasteiger partial charge in [0.05, 0.1) is 0 Å². The van der Waals surface area contributed by atoms with Crippen molar-refractivity contribution in [3.63, 3.8) is 0 Å². The minimum Gasteiger partial charge on any atom is -0.484 e. The molecule has 6 heteroatoms. The molecule has 1 N–H and O–H groups in total. The van der Waals surface area contributed by atoms with Gasteiger partial charge in [-0.25, -0.2) is 9.97 Å². The van der Waals surface area contributed by atoms with Gasteiger partial charge in [-0.1, -0.05) is 29.0 Å². The van der Waals surface area contributed by atoms with Gasteiger partial charge in [0.15, 0.2) is 6.61 Å². The van der Waals surface area contributed by atoms with Gasteiger partial charge in [0.1, 0.15) is 21.1 Å². The van der Waals surface area contributed by atoms with Gasteiger partial charge in [0, 0.05) is 17.4 Å². The van der Waals surface area contributed by atoms with Crippen molar-refractivity contribution in [3.05, 3.63) is 72.4 Å². The molecule has 1 amide bonds. The molecule has 0 saturated heterocycles. The van der Waals surface area contributed by atoms with E-state index in [0.29, 0.717) is 5.75 Å². The number of nitrogens with one attached hydrogen (secondary N) is 1. The molecule has 0 atom stereocenters. The molecular weight excluding hydrogens is 358 g/mol. The number of carbonyl (C=O) groups excluding carboxylic acids is 1. The largest absolute Gasteiger partial charge is 0.484 e. The maximum absolute atomic E-state index is 12.1. The number of hydrogen-bond acceptors (Lipinski definition) is 5. The van der Waals surface area contributed by atoms with E-state index in [1.165, 1.54) is 0 Å². The zero-order chi connectivity index (χ0) is 18.6. The molecule has 134 valence electrons. The Bertz CT molecular complexity index is 1040. The van der Waals surface area contributed by atoms with E-state index in [1.807, 2.05) is 67.6 Å². The molecule has 2 aromatic heterocycles. The van der Waals surface area contributed by atoms with E-state index in [2.05, 4.69) is 15.3 Å². The average molecular weight is 375 g/mol. The number of aromatic nitrogens is 2. The minimum atomic E-state index is -0.201. The maximum Gasteiger partial charge on any atom is 0.262 e. The van der Waals surface area contributed by atoms with Crippen molar-refractivity contribution >= 4 is 33.3 Å². The number of hydrogen-bond donors (Lipinski definition) is 1. The van der Waals surface area contributed by atoms with E-state index in [0.717, 1.165) is 32.2 Å². The van der Waals surface area contributed by atoms with Gasteiger partial charge >= 0.3 is 0 Å². The van der Waals surface area contributed by atoms with Gasteiger partial charge in [-0.15, -0.1) is 0 Å². The predicted octanol–water partition coefficient (Wildman–Crippen LogP) is 4.68. The van der Waals surface area contributed by atoms with Crippen LogP contribution in [0.2, 0.25) is 0 Å². The summed E-state index contributed by atoms with van der Waals surface area (Å²) in [6.07, 6.45) is 1.77. The lowest BCUT2D eigenvalue weighted by Gasteiger charge is -2.08. The van der Waals surface area contributed by atoms with Crippen LogP contribution in [0, 0.1) is 6.92 Å². The van der Waals surface area contributed by atoms with Crippen LogP contribution in [0.1, 0.15) is 5.56 Å². The second-order valence-electron chi connectivity index (χ2n) is 6.07. The molecule has 0 aliphatic rings. The number of anilines is 1. The Morgan fingerprint density at radius 2 is 1.85 bits per heavy atom. The molecule has 0 aliphatic heterocycles. The van der Waals surface area contributed by atoms with Gasteiger partial charge in [0.2, 0.25) is 0 Å². The minimum absolute atomic E-state index is 0.0334. The summed E-state index contributed by atoms with van der Waals surface area (Å²) in [6.45, 7) is 1.97. The van der Waals surface area contributed by atoms with Gasteiger partial charge in [-0.05, 0) is 55.5 Å². The average Bonchev–Trinajstić information content (AvgIpc) is 3.12. The van der Waals surface area contributed by atoms with Crippen LogP contribution >= 0.6 is 11.3 Å².